The van der Waals surface area contributed by atoms with Gasteiger partial charge in [-0.05, 0) is 24.7 Å². The van der Waals surface area contributed by atoms with E-state index in [4.69, 9.17) is 4.74 Å². The summed E-state index contributed by atoms with van der Waals surface area (Å²) in [5.41, 5.74) is 0.916. The number of hydrogen-bond acceptors (Lipinski definition) is 4. The van der Waals surface area contributed by atoms with Gasteiger partial charge in [-0.1, -0.05) is 12.1 Å². The Kier molecular flexibility index (Phi) is 4.76. The molecule has 19 heavy (non-hydrogen) atoms. The Balaban J connectivity index is 1.90. The van der Waals surface area contributed by atoms with E-state index in [1.165, 1.54) is 0 Å². The van der Waals surface area contributed by atoms with E-state index in [0.29, 0.717) is 26.1 Å². The summed E-state index contributed by atoms with van der Waals surface area (Å²) in [7, 11) is 1.88. The summed E-state index contributed by atoms with van der Waals surface area (Å²) >= 11 is 0. The van der Waals surface area contributed by atoms with Crippen molar-refractivity contribution in [2.24, 2.45) is 0 Å². The molecule has 1 aromatic carbocycles. The van der Waals surface area contributed by atoms with Crippen LogP contribution in [0.3, 0.4) is 0 Å². The second kappa shape index (κ2) is 6.54. The van der Waals surface area contributed by atoms with Gasteiger partial charge in [0.2, 0.25) is 5.91 Å². The van der Waals surface area contributed by atoms with Crippen LogP contribution in [0.1, 0.15) is 5.56 Å². The lowest BCUT2D eigenvalue weighted by atomic mass is 10.1. The minimum Gasteiger partial charge on any atom is -0.508 e. The average Bonchev–Trinajstić information content (AvgIpc) is 2.42. The smallest absolute Gasteiger partial charge is 0.227 e. The summed E-state index contributed by atoms with van der Waals surface area (Å²) in [5.74, 6) is 0.326. The fourth-order valence-electron chi connectivity index (χ4n) is 2.20. The van der Waals surface area contributed by atoms with E-state index >= 15 is 0 Å². The lowest BCUT2D eigenvalue weighted by molar-refractivity contribution is -0.137. The molecule has 1 unspecified atom stereocenters. The Morgan fingerprint density at radius 3 is 2.89 bits per heavy atom. The van der Waals surface area contributed by atoms with Crippen LogP contribution in [0, 0.1) is 0 Å². The highest BCUT2D eigenvalue weighted by molar-refractivity contribution is 5.79. The molecule has 0 aliphatic carbocycles. The maximum Gasteiger partial charge on any atom is 0.227 e. The number of amides is 1. The lowest BCUT2D eigenvalue weighted by Crippen LogP contribution is -2.49. The number of likely N-dealkylation sites (N-methyl/N-ethyl adjacent to an activating group) is 1. The van der Waals surface area contributed by atoms with Crippen LogP contribution in [0.4, 0.5) is 0 Å². The Morgan fingerprint density at radius 1 is 1.47 bits per heavy atom. The van der Waals surface area contributed by atoms with Crippen molar-refractivity contribution < 1.29 is 14.6 Å². The lowest BCUT2D eigenvalue weighted by Gasteiger charge is -2.33. The van der Waals surface area contributed by atoms with E-state index < -0.39 is 0 Å². The maximum atomic E-state index is 12.2. The average molecular weight is 264 g/mol. The quantitative estimate of drug-likeness (QED) is 0.825. The van der Waals surface area contributed by atoms with Crippen LogP contribution in [0.25, 0.3) is 0 Å². The maximum absolute atomic E-state index is 12.2. The van der Waals surface area contributed by atoms with Crippen molar-refractivity contribution in [2.75, 3.05) is 33.3 Å². The Hall–Kier alpha value is -1.59. The van der Waals surface area contributed by atoms with Gasteiger partial charge in [-0.15, -0.1) is 0 Å². The topological polar surface area (TPSA) is 61.8 Å². The highest BCUT2D eigenvalue weighted by Crippen LogP contribution is 2.12. The van der Waals surface area contributed by atoms with E-state index in [9.17, 15) is 9.90 Å². The SMILES string of the molecule is CNCC1CN(C(=O)Cc2ccc(O)cc2)CCO1. The first-order valence-corrected chi connectivity index (χ1v) is 6.51. The number of aromatic hydroxyl groups is 1. The minimum absolute atomic E-state index is 0.0718. The molecule has 1 fully saturated rings. The van der Waals surface area contributed by atoms with Gasteiger partial charge in [0.1, 0.15) is 5.75 Å². The van der Waals surface area contributed by atoms with Crippen molar-refractivity contribution in [3.8, 4) is 5.75 Å². The highest BCUT2D eigenvalue weighted by Gasteiger charge is 2.23. The summed E-state index contributed by atoms with van der Waals surface area (Å²) in [5, 5.41) is 12.3. The summed E-state index contributed by atoms with van der Waals surface area (Å²) in [6.45, 7) is 2.63. The van der Waals surface area contributed by atoms with Crippen LogP contribution in [-0.2, 0) is 16.0 Å². The Bertz CT molecular complexity index is 417. The van der Waals surface area contributed by atoms with Crippen LogP contribution >= 0.6 is 0 Å². The molecule has 5 nitrogen and oxygen atoms in total. The first kappa shape index (κ1) is 13.8. The van der Waals surface area contributed by atoms with E-state index in [1.54, 1.807) is 24.3 Å². The number of rotatable bonds is 4. The number of hydrogen-bond donors (Lipinski definition) is 2. The molecule has 2 N–H and O–H groups in total. The molecule has 1 atom stereocenters. The molecule has 5 heteroatoms. The third-order valence-corrected chi connectivity index (χ3v) is 3.21. The molecule has 1 saturated heterocycles. The fourth-order valence-corrected chi connectivity index (χ4v) is 2.20. The van der Waals surface area contributed by atoms with Crippen LogP contribution in [0.2, 0.25) is 0 Å². The normalized spacial score (nSPS) is 19.4. The van der Waals surface area contributed by atoms with Gasteiger partial charge in [0.15, 0.2) is 0 Å². The second-order valence-corrected chi connectivity index (χ2v) is 4.73. The Morgan fingerprint density at radius 2 is 2.21 bits per heavy atom. The van der Waals surface area contributed by atoms with E-state index in [-0.39, 0.29) is 17.8 Å². The van der Waals surface area contributed by atoms with Crippen molar-refractivity contribution in [3.63, 3.8) is 0 Å². The zero-order valence-corrected chi connectivity index (χ0v) is 11.1. The van der Waals surface area contributed by atoms with Crippen molar-refractivity contribution in [1.82, 2.24) is 10.2 Å². The summed E-state index contributed by atoms with van der Waals surface area (Å²) < 4.78 is 5.58. The van der Waals surface area contributed by atoms with Crippen LogP contribution < -0.4 is 5.32 Å². The molecule has 104 valence electrons. The molecule has 1 amide bonds. The van der Waals surface area contributed by atoms with Crippen LogP contribution in [-0.4, -0.2) is 55.3 Å². The number of nitrogens with zero attached hydrogens (tertiary/aromatic N) is 1. The number of nitrogens with one attached hydrogen (secondary N) is 1. The van der Waals surface area contributed by atoms with Gasteiger partial charge in [0.05, 0.1) is 19.1 Å². The van der Waals surface area contributed by atoms with E-state index in [1.807, 2.05) is 11.9 Å². The molecule has 0 bridgehead atoms. The van der Waals surface area contributed by atoms with Gasteiger partial charge < -0.3 is 20.1 Å². The van der Waals surface area contributed by atoms with Crippen molar-refractivity contribution in [2.45, 2.75) is 12.5 Å². The molecule has 0 radical (unpaired) electrons. The summed E-state index contributed by atoms with van der Waals surface area (Å²) in [6, 6.07) is 6.76. The van der Waals surface area contributed by atoms with Crippen molar-refractivity contribution >= 4 is 5.91 Å². The van der Waals surface area contributed by atoms with Crippen molar-refractivity contribution in [1.29, 1.82) is 0 Å². The molecule has 0 aromatic heterocycles. The van der Waals surface area contributed by atoms with Gasteiger partial charge in [-0.25, -0.2) is 0 Å². The number of carbonyl (C=O) groups excluding carboxylic acids is 1. The number of ether oxygens (including phenoxy) is 1. The summed E-state index contributed by atoms with van der Waals surface area (Å²) in [4.78, 5) is 14.0. The minimum atomic E-state index is 0.0718. The monoisotopic (exact) mass is 264 g/mol. The third-order valence-electron chi connectivity index (χ3n) is 3.21. The van der Waals surface area contributed by atoms with E-state index in [0.717, 1.165) is 12.1 Å². The molecular formula is C14H20N2O3. The summed E-state index contributed by atoms with van der Waals surface area (Å²) in [6.07, 6.45) is 0.439. The molecule has 1 aliphatic heterocycles. The van der Waals surface area contributed by atoms with Gasteiger partial charge in [0, 0.05) is 19.6 Å². The molecule has 1 aromatic rings. The third kappa shape index (κ3) is 3.94. The number of phenolic OH excluding ortho intramolecular Hbond substituents is 1. The first-order chi connectivity index (χ1) is 9.19. The highest BCUT2D eigenvalue weighted by atomic mass is 16.5. The number of morpholine rings is 1. The fraction of sp³-hybridized carbons (Fsp3) is 0.500. The van der Waals surface area contributed by atoms with Crippen LogP contribution in [0.15, 0.2) is 24.3 Å². The number of benzene rings is 1. The number of phenols is 1. The van der Waals surface area contributed by atoms with Gasteiger partial charge >= 0.3 is 0 Å². The predicted molar refractivity (Wildman–Crippen MR) is 72.1 cm³/mol. The number of carbonyl (C=O) groups is 1. The van der Waals surface area contributed by atoms with E-state index in [2.05, 4.69) is 5.32 Å². The zero-order valence-electron chi connectivity index (χ0n) is 11.1. The molecule has 0 spiro atoms. The predicted octanol–water partition coefficient (Wildman–Crippen LogP) is 0.381. The standard InChI is InChI=1S/C14H20N2O3/c1-15-9-13-10-16(6-7-19-13)14(18)8-11-2-4-12(17)5-3-11/h2-5,13,15,17H,6-10H2,1H3. The van der Waals surface area contributed by atoms with Crippen molar-refractivity contribution in [3.05, 3.63) is 29.8 Å². The van der Waals surface area contributed by atoms with Crippen LogP contribution in [0.5, 0.6) is 5.75 Å². The Labute approximate surface area is 113 Å². The molecular weight excluding hydrogens is 244 g/mol. The second-order valence-electron chi connectivity index (χ2n) is 4.73. The molecule has 1 aliphatic rings. The first-order valence-electron chi connectivity index (χ1n) is 6.51. The van der Waals surface area contributed by atoms with Gasteiger partial charge in [0.25, 0.3) is 0 Å². The molecule has 0 saturated carbocycles. The van der Waals surface area contributed by atoms with Gasteiger partial charge in [-0.3, -0.25) is 4.79 Å². The zero-order chi connectivity index (χ0) is 13.7. The molecule has 2 rings (SSSR count). The largest absolute Gasteiger partial charge is 0.508 e. The van der Waals surface area contributed by atoms with Gasteiger partial charge in [-0.2, -0.15) is 0 Å². The molecule has 1 heterocycles.